The Morgan fingerprint density at radius 1 is 0.889 bits per heavy atom. The van der Waals surface area contributed by atoms with Gasteiger partial charge in [0.1, 0.15) is 0 Å². The Kier molecular flexibility index (Phi) is 3.83. The van der Waals surface area contributed by atoms with Gasteiger partial charge in [-0.3, -0.25) is 0 Å². The molecule has 0 aromatic heterocycles. The number of hydrogen-bond donors (Lipinski definition) is 1. The molecule has 0 saturated heterocycles. The Labute approximate surface area is 110 Å². The number of nitrogens with two attached hydrogens (primary N) is 1. The molecule has 0 aliphatic rings. The van der Waals surface area contributed by atoms with E-state index in [2.05, 4.69) is 45.0 Å². The first-order valence-electron chi connectivity index (χ1n) is 6.45. The molecule has 0 bridgehead atoms. The molecule has 1 nitrogen and oxygen atoms in total. The summed E-state index contributed by atoms with van der Waals surface area (Å²) in [6.07, 6.45) is 0.900. The van der Waals surface area contributed by atoms with E-state index in [1.165, 1.54) is 27.8 Å². The van der Waals surface area contributed by atoms with Gasteiger partial charge in [-0.15, -0.1) is 0 Å². The van der Waals surface area contributed by atoms with E-state index in [0.29, 0.717) is 0 Å². The predicted octanol–water partition coefficient (Wildman–Crippen LogP) is 3.85. The summed E-state index contributed by atoms with van der Waals surface area (Å²) in [5.41, 5.74) is 12.9. The molecule has 0 amide bonds. The van der Waals surface area contributed by atoms with E-state index in [-0.39, 0.29) is 6.04 Å². The molecule has 0 saturated carbocycles. The van der Waals surface area contributed by atoms with Crippen molar-refractivity contribution in [1.82, 2.24) is 0 Å². The van der Waals surface area contributed by atoms with Crippen LogP contribution in [0, 0.1) is 20.8 Å². The van der Waals surface area contributed by atoms with Gasteiger partial charge < -0.3 is 5.73 Å². The lowest BCUT2D eigenvalue weighted by molar-refractivity contribution is 0.718. The third kappa shape index (κ3) is 2.80. The van der Waals surface area contributed by atoms with E-state index in [1.807, 2.05) is 18.2 Å². The maximum Gasteiger partial charge on any atom is 0.0335 e. The molecule has 0 spiro atoms. The highest BCUT2D eigenvalue weighted by Gasteiger charge is 2.09. The molecule has 0 aliphatic carbocycles. The van der Waals surface area contributed by atoms with Gasteiger partial charge in [-0.1, -0.05) is 42.5 Å². The summed E-state index contributed by atoms with van der Waals surface area (Å²) in [5.74, 6) is 0. The summed E-state index contributed by atoms with van der Waals surface area (Å²) in [4.78, 5) is 0. The maximum atomic E-state index is 6.28. The fourth-order valence-corrected chi connectivity index (χ4v) is 2.30. The Hall–Kier alpha value is -1.60. The van der Waals surface area contributed by atoms with Gasteiger partial charge in [-0.05, 0) is 55.0 Å². The fourth-order valence-electron chi connectivity index (χ4n) is 2.30. The summed E-state index contributed by atoms with van der Waals surface area (Å²) in [7, 11) is 0. The van der Waals surface area contributed by atoms with Crippen molar-refractivity contribution < 1.29 is 0 Å². The monoisotopic (exact) mass is 239 g/mol. The average Bonchev–Trinajstić information content (AvgIpc) is 2.37. The number of aryl methyl sites for hydroxylation is 3. The van der Waals surface area contributed by atoms with E-state index in [1.54, 1.807) is 0 Å². The first kappa shape index (κ1) is 12.8. The zero-order valence-electron chi connectivity index (χ0n) is 11.4. The van der Waals surface area contributed by atoms with Gasteiger partial charge in [0, 0.05) is 6.04 Å². The highest BCUT2D eigenvalue weighted by molar-refractivity contribution is 5.37. The molecular formula is C17H21N. The quantitative estimate of drug-likeness (QED) is 0.865. The molecule has 1 atom stereocenters. The van der Waals surface area contributed by atoms with Crippen molar-refractivity contribution in [3.63, 3.8) is 0 Å². The number of rotatable bonds is 3. The van der Waals surface area contributed by atoms with Crippen molar-refractivity contribution in [1.29, 1.82) is 0 Å². The zero-order valence-corrected chi connectivity index (χ0v) is 11.4. The van der Waals surface area contributed by atoms with Gasteiger partial charge in [0.25, 0.3) is 0 Å². The van der Waals surface area contributed by atoms with Crippen LogP contribution in [-0.2, 0) is 6.42 Å². The zero-order chi connectivity index (χ0) is 13.1. The first-order valence-corrected chi connectivity index (χ1v) is 6.45. The molecule has 2 N–H and O–H groups in total. The summed E-state index contributed by atoms with van der Waals surface area (Å²) in [5, 5.41) is 0. The SMILES string of the molecule is Cc1cc(C)c(CC(N)c2ccccc2)cc1C. The fraction of sp³-hybridized carbons (Fsp3) is 0.294. The van der Waals surface area contributed by atoms with Crippen LogP contribution in [0.5, 0.6) is 0 Å². The Morgan fingerprint density at radius 2 is 1.50 bits per heavy atom. The molecule has 0 heterocycles. The van der Waals surface area contributed by atoms with E-state index in [0.717, 1.165) is 6.42 Å². The molecule has 18 heavy (non-hydrogen) atoms. The molecule has 1 heteroatoms. The average molecular weight is 239 g/mol. The first-order chi connectivity index (χ1) is 8.58. The minimum atomic E-state index is 0.0759. The highest BCUT2D eigenvalue weighted by atomic mass is 14.6. The second-order valence-electron chi connectivity index (χ2n) is 5.08. The van der Waals surface area contributed by atoms with Crippen LogP contribution in [-0.4, -0.2) is 0 Å². The third-order valence-electron chi connectivity index (χ3n) is 3.62. The lowest BCUT2D eigenvalue weighted by Gasteiger charge is -2.15. The van der Waals surface area contributed by atoms with Crippen molar-refractivity contribution in [2.45, 2.75) is 33.2 Å². The molecule has 0 fully saturated rings. The lowest BCUT2D eigenvalue weighted by atomic mass is 9.93. The van der Waals surface area contributed by atoms with Crippen molar-refractivity contribution in [2.75, 3.05) is 0 Å². The van der Waals surface area contributed by atoms with Crippen LogP contribution < -0.4 is 5.73 Å². The van der Waals surface area contributed by atoms with Gasteiger partial charge in [0.2, 0.25) is 0 Å². The summed E-state index contributed by atoms with van der Waals surface area (Å²) in [6.45, 7) is 6.48. The highest BCUT2D eigenvalue weighted by Crippen LogP contribution is 2.21. The normalized spacial score (nSPS) is 12.4. The third-order valence-corrected chi connectivity index (χ3v) is 3.62. The molecule has 0 radical (unpaired) electrons. The molecule has 1 unspecified atom stereocenters. The van der Waals surface area contributed by atoms with E-state index in [4.69, 9.17) is 5.73 Å². The van der Waals surface area contributed by atoms with Crippen LogP contribution in [0.15, 0.2) is 42.5 Å². The molecule has 94 valence electrons. The van der Waals surface area contributed by atoms with E-state index in [9.17, 15) is 0 Å². The van der Waals surface area contributed by atoms with E-state index < -0.39 is 0 Å². The molecular weight excluding hydrogens is 218 g/mol. The minimum Gasteiger partial charge on any atom is -0.324 e. The Balaban J connectivity index is 2.22. The smallest absolute Gasteiger partial charge is 0.0335 e. The number of hydrogen-bond acceptors (Lipinski definition) is 1. The molecule has 2 rings (SSSR count). The van der Waals surface area contributed by atoms with Gasteiger partial charge in [-0.25, -0.2) is 0 Å². The standard InChI is InChI=1S/C17H21N/c1-12-9-14(3)16(10-13(12)2)11-17(18)15-7-5-4-6-8-15/h4-10,17H,11,18H2,1-3H3. The van der Waals surface area contributed by atoms with Crippen molar-refractivity contribution >= 4 is 0 Å². The summed E-state index contributed by atoms with van der Waals surface area (Å²) < 4.78 is 0. The van der Waals surface area contributed by atoms with Crippen molar-refractivity contribution in [2.24, 2.45) is 5.73 Å². The van der Waals surface area contributed by atoms with Gasteiger partial charge in [0.05, 0.1) is 0 Å². The summed E-state index contributed by atoms with van der Waals surface area (Å²) in [6, 6.07) is 14.9. The molecule has 2 aromatic carbocycles. The largest absolute Gasteiger partial charge is 0.324 e. The lowest BCUT2D eigenvalue weighted by Crippen LogP contribution is -2.14. The van der Waals surface area contributed by atoms with Crippen LogP contribution in [0.2, 0.25) is 0 Å². The second kappa shape index (κ2) is 5.36. The van der Waals surface area contributed by atoms with Gasteiger partial charge in [0.15, 0.2) is 0 Å². The molecule has 2 aromatic rings. The van der Waals surface area contributed by atoms with Gasteiger partial charge >= 0.3 is 0 Å². The van der Waals surface area contributed by atoms with Crippen LogP contribution in [0.3, 0.4) is 0 Å². The molecule has 0 aliphatic heterocycles. The van der Waals surface area contributed by atoms with Gasteiger partial charge in [-0.2, -0.15) is 0 Å². The number of benzene rings is 2. The minimum absolute atomic E-state index is 0.0759. The Bertz CT molecular complexity index is 529. The Morgan fingerprint density at radius 3 is 2.17 bits per heavy atom. The van der Waals surface area contributed by atoms with Crippen LogP contribution >= 0.6 is 0 Å². The predicted molar refractivity (Wildman–Crippen MR) is 77.7 cm³/mol. The second-order valence-corrected chi connectivity index (χ2v) is 5.08. The van der Waals surface area contributed by atoms with Crippen molar-refractivity contribution in [3.05, 3.63) is 70.3 Å². The van der Waals surface area contributed by atoms with Crippen molar-refractivity contribution in [3.8, 4) is 0 Å². The van der Waals surface area contributed by atoms with Crippen LogP contribution in [0.1, 0.15) is 33.9 Å². The van der Waals surface area contributed by atoms with Crippen LogP contribution in [0.4, 0.5) is 0 Å². The van der Waals surface area contributed by atoms with Crippen LogP contribution in [0.25, 0.3) is 0 Å². The topological polar surface area (TPSA) is 26.0 Å². The maximum absolute atomic E-state index is 6.28. The van der Waals surface area contributed by atoms with E-state index >= 15 is 0 Å². The summed E-state index contributed by atoms with van der Waals surface area (Å²) >= 11 is 0.